The van der Waals surface area contributed by atoms with E-state index in [4.69, 9.17) is 4.52 Å². The minimum absolute atomic E-state index is 0.00492. The van der Waals surface area contributed by atoms with Crippen molar-refractivity contribution in [2.24, 2.45) is 0 Å². The number of para-hydroxylation sites is 1. The van der Waals surface area contributed by atoms with E-state index in [9.17, 15) is 13.6 Å². The van der Waals surface area contributed by atoms with E-state index < -0.39 is 6.61 Å². The van der Waals surface area contributed by atoms with Gasteiger partial charge in [0.25, 0.3) is 5.91 Å². The van der Waals surface area contributed by atoms with E-state index in [0.717, 1.165) is 13.0 Å². The molecule has 162 valence electrons. The topological polar surface area (TPSA) is 71.7 Å². The normalized spacial score (nSPS) is 15.1. The van der Waals surface area contributed by atoms with E-state index in [2.05, 4.69) is 19.8 Å². The number of hydrogen-bond donors (Lipinski definition) is 0. The summed E-state index contributed by atoms with van der Waals surface area (Å²) in [6.45, 7) is 0.199. The number of hydrogen-bond acceptors (Lipinski definition) is 6. The van der Waals surface area contributed by atoms with Gasteiger partial charge in [0.1, 0.15) is 5.75 Å². The van der Waals surface area contributed by atoms with Crippen LogP contribution in [0.2, 0.25) is 0 Å². The first-order valence-corrected chi connectivity index (χ1v) is 10.0. The van der Waals surface area contributed by atoms with Gasteiger partial charge in [-0.1, -0.05) is 35.5 Å². The molecule has 3 aromatic rings. The van der Waals surface area contributed by atoms with E-state index in [1.807, 2.05) is 35.2 Å². The molecule has 0 radical (unpaired) electrons. The van der Waals surface area contributed by atoms with Gasteiger partial charge in [-0.3, -0.25) is 9.69 Å². The Morgan fingerprint density at radius 3 is 2.61 bits per heavy atom. The summed E-state index contributed by atoms with van der Waals surface area (Å²) >= 11 is 0. The van der Waals surface area contributed by atoms with Crippen molar-refractivity contribution in [1.29, 1.82) is 0 Å². The number of ether oxygens (including phenoxy) is 1. The summed E-state index contributed by atoms with van der Waals surface area (Å²) in [5, 5.41) is 3.92. The molecule has 1 fully saturated rings. The Morgan fingerprint density at radius 1 is 1.03 bits per heavy atom. The third-order valence-corrected chi connectivity index (χ3v) is 5.07. The molecule has 4 rings (SSSR count). The van der Waals surface area contributed by atoms with Crippen molar-refractivity contribution in [3.8, 4) is 17.1 Å². The second-order valence-electron chi connectivity index (χ2n) is 7.17. The van der Waals surface area contributed by atoms with Crippen LogP contribution < -0.4 is 4.74 Å². The molecular formula is C22H22F2N4O3. The summed E-state index contributed by atoms with van der Waals surface area (Å²) in [6, 6.07) is 15.6. The Bertz CT molecular complexity index is 1010. The first-order valence-electron chi connectivity index (χ1n) is 10.0. The van der Waals surface area contributed by atoms with E-state index in [1.54, 1.807) is 18.2 Å². The second kappa shape index (κ2) is 9.65. The van der Waals surface area contributed by atoms with Crippen LogP contribution in [0.15, 0.2) is 59.1 Å². The van der Waals surface area contributed by atoms with Crippen LogP contribution in [-0.4, -0.2) is 58.6 Å². The fourth-order valence-electron chi connectivity index (χ4n) is 3.57. The van der Waals surface area contributed by atoms with Gasteiger partial charge in [0.2, 0.25) is 11.7 Å². The van der Waals surface area contributed by atoms with Crippen molar-refractivity contribution in [2.75, 3.05) is 26.2 Å². The van der Waals surface area contributed by atoms with E-state index in [1.165, 1.54) is 6.07 Å². The zero-order valence-corrected chi connectivity index (χ0v) is 16.8. The molecule has 1 aliphatic rings. The molecule has 7 nitrogen and oxygen atoms in total. The quantitative estimate of drug-likeness (QED) is 0.596. The smallest absolute Gasteiger partial charge is 0.387 e. The largest absolute Gasteiger partial charge is 0.434 e. The van der Waals surface area contributed by atoms with Gasteiger partial charge >= 0.3 is 6.61 Å². The predicted octanol–water partition coefficient (Wildman–Crippen LogP) is 3.69. The molecule has 0 saturated carbocycles. The molecule has 0 spiro atoms. The highest BCUT2D eigenvalue weighted by Gasteiger charge is 2.22. The first kappa shape index (κ1) is 20.9. The Balaban J connectivity index is 1.39. The molecule has 1 aliphatic heterocycles. The van der Waals surface area contributed by atoms with Crippen LogP contribution in [0.5, 0.6) is 5.75 Å². The zero-order valence-electron chi connectivity index (χ0n) is 16.8. The Hall–Kier alpha value is -3.33. The number of halogens is 2. The van der Waals surface area contributed by atoms with Crippen molar-refractivity contribution in [1.82, 2.24) is 19.9 Å². The summed E-state index contributed by atoms with van der Waals surface area (Å²) in [5.74, 6) is 0.597. The number of rotatable bonds is 6. The number of amides is 1. The van der Waals surface area contributed by atoms with Crippen molar-refractivity contribution in [2.45, 2.75) is 19.6 Å². The molecule has 9 heteroatoms. The Kier molecular flexibility index (Phi) is 6.51. The molecule has 0 N–H and O–H groups in total. The Morgan fingerprint density at radius 2 is 1.81 bits per heavy atom. The van der Waals surface area contributed by atoms with Crippen LogP contribution in [0.4, 0.5) is 8.78 Å². The van der Waals surface area contributed by atoms with Crippen molar-refractivity contribution in [3.05, 3.63) is 66.1 Å². The number of carbonyl (C=O) groups excluding carboxylic acids is 1. The van der Waals surface area contributed by atoms with Crippen LogP contribution in [-0.2, 0) is 6.54 Å². The van der Waals surface area contributed by atoms with Crippen LogP contribution >= 0.6 is 0 Å². The van der Waals surface area contributed by atoms with Crippen LogP contribution in [0.25, 0.3) is 11.4 Å². The highest BCUT2D eigenvalue weighted by atomic mass is 19.3. The fourth-order valence-corrected chi connectivity index (χ4v) is 3.57. The molecule has 1 aromatic heterocycles. The second-order valence-corrected chi connectivity index (χ2v) is 7.17. The fraction of sp³-hybridized carbons (Fsp3) is 0.318. The van der Waals surface area contributed by atoms with E-state index in [-0.39, 0.29) is 17.5 Å². The van der Waals surface area contributed by atoms with Gasteiger partial charge in [0.05, 0.1) is 12.1 Å². The molecule has 2 heterocycles. The molecule has 0 unspecified atom stereocenters. The number of nitrogens with zero attached hydrogens (tertiary/aromatic N) is 4. The first-order chi connectivity index (χ1) is 15.1. The summed E-state index contributed by atoms with van der Waals surface area (Å²) in [5.41, 5.74) is 1.02. The standard InChI is InChI=1S/C22H22F2N4O3/c23-22(24)30-18-10-5-4-9-17(18)20-25-19(31-26-20)15-27-11-6-12-28(14-13-27)21(29)16-7-2-1-3-8-16/h1-5,7-10,22H,6,11-15H2. The van der Waals surface area contributed by atoms with Gasteiger partial charge in [-0.25, -0.2) is 0 Å². The van der Waals surface area contributed by atoms with Gasteiger partial charge in [-0.2, -0.15) is 13.8 Å². The van der Waals surface area contributed by atoms with Gasteiger partial charge in [-0.15, -0.1) is 0 Å². The average Bonchev–Trinajstić information content (AvgIpc) is 3.11. The number of alkyl halides is 2. The molecule has 31 heavy (non-hydrogen) atoms. The van der Waals surface area contributed by atoms with Crippen molar-refractivity contribution in [3.63, 3.8) is 0 Å². The molecule has 1 amide bonds. The molecule has 2 aromatic carbocycles. The maximum atomic E-state index is 12.7. The zero-order chi connectivity index (χ0) is 21.6. The number of carbonyl (C=O) groups is 1. The number of aromatic nitrogens is 2. The minimum atomic E-state index is -2.94. The van der Waals surface area contributed by atoms with E-state index in [0.29, 0.717) is 43.2 Å². The third kappa shape index (κ3) is 5.24. The van der Waals surface area contributed by atoms with Gasteiger partial charge in [0, 0.05) is 31.7 Å². The predicted molar refractivity (Wildman–Crippen MR) is 109 cm³/mol. The summed E-state index contributed by atoms with van der Waals surface area (Å²) in [7, 11) is 0. The van der Waals surface area contributed by atoms with Crippen LogP contribution in [0.1, 0.15) is 22.7 Å². The molecule has 0 bridgehead atoms. The third-order valence-electron chi connectivity index (χ3n) is 5.07. The van der Waals surface area contributed by atoms with Crippen LogP contribution in [0, 0.1) is 0 Å². The number of benzene rings is 2. The molecule has 0 aliphatic carbocycles. The molecular weight excluding hydrogens is 406 g/mol. The van der Waals surface area contributed by atoms with Gasteiger partial charge in [0.15, 0.2) is 0 Å². The molecule has 1 saturated heterocycles. The molecule has 0 atom stereocenters. The van der Waals surface area contributed by atoms with Crippen molar-refractivity contribution >= 4 is 5.91 Å². The lowest BCUT2D eigenvalue weighted by Gasteiger charge is -2.21. The monoisotopic (exact) mass is 428 g/mol. The lowest BCUT2D eigenvalue weighted by molar-refractivity contribution is -0.0494. The van der Waals surface area contributed by atoms with Crippen LogP contribution in [0.3, 0.4) is 0 Å². The lowest BCUT2D eigenvalue weighted by atomic mass is 10.2. The minimum Gasteiger partial charge on any atom is -0.434 e. The highest BCUT2D eigenvalue weighted by Crippen LogP contribution is 2.29. The highest BCUT2D eigenvalue weighted by molar-refractivity contribution is 5.94. The van der Waals surface area contributed by atoms with Crippen molar-refractivity contribution < 1.29 is 22.8 Å². The maximum Gasteiger partial charge on any atom is 0.387 e. The van der Waals surface area contributed by atoms with Gasteiger partial charge < -0.3 is 14.2 Å². The summed E-state index contributed by atoms with van der Waals surface area (Å²) < 4.78 is 35.2. The average molecular weight is 428 g/mol. The van der Waals surface area contributed by atoms with E-state index >= 15 is 0 Å². The lowest BCUT2D eigenvalue weighted by Crippen LogP contribution is -2.35. The summed E-state index contributed by atoms with van der Waals surface area (Å²) in [6.07, 6.45) is 0.824. The SMILES string of the molecule is O=C(c1ccccc1)N1CCCN(Cc2nc(-c3ccccc3OC(F)F)no2)CC1. The maximum absolute atomic E-state index is 12.7. The van der Waals surface area contributed by atoms with Gasteiger partial charge in [-0.05, 0) is 30.7 Å². The summed E-state index contributed by atoms with van der Waals surface area (Å²) in [4.78, 5) is 21.0. The Labute approximate surface area is 178 Å².